The van der Waals surface area contributed by atoms with E-state index < -0.39 is 23.2 Å². The lowest BCUT2D eigenvalue weighted by Gasteiger charge is -2.29. The van der Waals surface area contributed by atoms with Crippen molar-refractivity contribution in [2.45, 2.75) is 24.8 Å². The molecule has 1 aliphatic rings. The van der Waals surface area contributed by atoms with Gasteiger partial charge < -0.3 is 15.0 Å². The number of para-hydroxylation sites is 2. The van der Waals surface area contributed by atoms with Gasteiger partial charge in [0, 0.05) is 17.1 Å². The lowest BCUT2D eigenvalue weighted by atomic mass is 9.88. The van der Waals surface area contributed by atoms with Crippen molar-refractivity contribution >= 4 is 21.8 Å². The number of likely N-dealkylation sites (tertiary alicyclic amines) is 1. The summed E-state index contributed by atoms with van der Waals surface area (Å²) in [7, 11) is 2.15. The average molecular weight is 577 g/mol. The molecule has 1 fully saturated rings. The third-order valence-corrected chi connectivity index (χ3v) is 8.66. The van der Waals surface area contributed by atoms with Crippen molar-refractivity contribution in [2.24, 2.45) is 0 Å². The lowest BCUT2D eigenvalue weighted by Crippen LogP contribution is -2.29. The maximum Gasteiger partial charge on any atom is 0.259 e. The van der Waals surface area contributed by atoms with Gasteiger partial charge in [-0.25, -0.2) is 13.8 Å². The zero-order chi connectivity index (χ0) is 29.7. The minimum atomic E-state index is -1.12. The molecule has 0 amide bonds. The quantitative estimate of drug-likeness (QED) is 0.232. The van der Waals surface area contributed by atoms with Crippen molar-refractivity contribution in [2.75, 3.05) is 20.1 Å². The van der Waals surface area contributed by atoms with Gasteiger partial charge in [0.1, 0.15) is 29.3 Å². The molecule has 1 saturated heterocycles. The molecule has 0 radical (unpaired) electrons. The highest BCUT2D eigenvalue weighted by molar-refractivity contribution is 5.87. The summed E-state index contributed by atoms with van der Waals surface area (Å²) >= 11 is 0. The van der Waals surface area contributed by atoms with Crippen LogP contribution in [-0.4, -0.2) is 44.7 Å². The third kappa shape index (κ3) is 4.97. The first-order chi connectivity index (χ1) is 20.9. The molecular formula is C35H30F2N4O2. The van der Waals surface area contributed by atoms with E-state index in [4.69, 9.17) is 0 Å². The van der Waals surface area contributed by atoms with Crippen molar-refractivity contribution in [1.29, 1.82) is 0 Å². The molecule has 0 bridgehead atoms. The van der Waals surface area contributed by atoms with Crippen LogP contribution in [0.2, 0.25) is 0 Å². The predicted octanol–water partition coefficient (Wildman–Crippen LogP) is 6.98. The molecular weight excluding hydrogens is 546 g/mol. The van der Waals surface area contributed by atoms with Gasteiger partial charge in [-0.05, 0) is 92.0 Å². The number of benzene rings is 4. The van der Waals surface area contributed by atoms with Crippen LogP contribution in [0, 0.1) is 11.6 Å². The van der Waals surface area contributed by atoms with Crippen LogP contribution in [0.25, 0.3) is 32.9 Å². The second kappa shape index (κ2) is 10.8. The molecule has 7 rings (SSSR count). The number of pyridine rings is 1. The third-order valence-electron chi connectivity index (χ3n) is 8.66. The van der Waals surface area contributed by atoms with E-state index in [1.807, 2.05) is 24.3 Å². The van der Waals surface area contributed by atoms with E-state index in [0.29, 0.717) is 17.0 Å². The standard InChI is InChI=1S/C35H30F2N4O2/c1-40-16-14-23(15-17-40)21-6-8-22(9-7-21)24-10-12-26-27(18-24)35(43)41(20-29(26)37)33(28-19-25(36)11-13-32(28)42)34-38-30-4-2-3-5-31(30)39-34/h2-13,18-20,23,33,42H,14-17H2,1H3,(H,38,39). The summed E-state index contributed by atoms with van der Waals surface area (Å²) in [5, 5.41) is 11.1. The Hall–Kier alpha value is -4.82. The van der Waals surface area contributed by atoms with E-state index in [9.17, 15) is 14.3 Å². The fraction of sp³-hybridized carbons (Fsp3) is 0.200. The number of halogens is 2. The first-order valence-electron chi connectivity index (χ1n) is 14.4. The van der Waals surface area contributed by atoms with Crippen LogP contribution in [0.1, 0.15) is 41.8 Å². The van der Waals surface area contributed by atoms with Gasteiger partial charge in [0.05, 0.1) is 16.4 Å². The summed E-state index contributed by atoms with van der Waals surface area (Å²) in [6.07, 6.45) is 3.35. The largest absolute Gasteiger partial charge is 0.508 e. The van der Waals surface area contributed by atoms with E-state index in [1.54, 1.807) is 18.2 Å². The molecule has 216 valence electrons. The fourth-order valence-electron chi connectivity index (χ4n) is 6.26. The molecule has 1 unspecified atom stereocenters. The Bertz CT molecular complexity index is 1990. The van der Waals surface area contributed by atoms with Gasteiger partial charge in [-0.3, -0.25) is 9.36 Å². The second-order valence-corrected chi connectivity index (χ2v) is 11.4. The maximum absolute atomic E-state index is 15.7. The number of phenolic OH excluding ortho intramolecular Hbond substituents is 1. The number of aromatic hydroxyl groups is 1. The summed E-state index contributed by atoms with van der Waals surface area (Å²) in [6, 6.07) is 23.2. The second-order valence-electron chi connectivity index (χ2n) is 11.4. The van der Waals surface area contributed by atoms with Crippen molar-refractivity contribution in [1.82, 2.24) is 19.4 Å². The van der Waals surface area contributed by atoms with Gasteiger partial charge in [-0.1, -0.05) is 48.5 Å². The van der Waals surface area contributed by atoms with Gasteiger partial charge in [0.2, 0.25) is 0 Å². The summed E-state index contributed by atoms with van der Waals surface area (Å²) < 4.78 is 31.3. The number of nitrogens with one attached hydrogen (secondary N) is 1. The lowest BCUT2D eigenvalue weighted by molar-refractivity contribution is 0.255. The minimum absolute atomic E-state index is 0.0838. The smallest absolute Gasteiger partial charge is 0.259 e. The Morgan fingerprint density at radius 2 is 1.65 bits per heavy atom. The van der Waals surface area contributed by atoms with Gasteiger partial charge in [0.25, 0.3) is 5.56 Å². The summed E-state index contributed by atoms with van der Waals surface area (Å²) in [6.45, 7) is 2.16. The van der Waals surface area contributed by atoms with Gasteiger partial charge in [-0.2, -0.15) is 0 Å². The Balaban J connectivity index is 1.35. The van der Waals surface area contributed by atoms with E-state index in [0.717, 1.165) is 55.4 Å². The number of aromatic amines is 1. The SMILES string of the molecule is CN1CCC(c2ccc(-c3ccc4c(F)cn(C(c5nc6ccccc6[nH]5)c5cc(F)ccc5O)c(=O)c4c3)cc2)CC1. The topological polar surface area (TPSA) is 74.2 Å². The van der Waals surface area contributed by atoms with E-state index >= 15 is 4.39 Å². The van der Waals surface area contributed by atoms with Crippen LogP contribution >= 0.6 is 0 Å². The number of aromatic nitrogens is 3. The van der Waals surface area contributed by atoms with Crippen molar-refractivity contribution < 1.29 is 13.9 Å². The molecule has 0 spiro atoms. The van der Waals surface area contributed by atoms with Gasteiger partial charge in [0.15, 0.2) is 0 Å². The molecule has 1 aliphatic heterocycles. The summed E-state index contributed by atoms with van der Waals surface area (Å²) in [4.78, 5) is 24.3. The number of H-pyrrole nitrogens is 1. The molecule has 0 aliphatic carbocycles. The minimum Gasteiger partial charge on any atom is -0.508 e. The Morgan fingerprint density at radius 1 is 0.907 bits per heavy atom. The van der Waals surface area contributed by atoms with Crippen LogP contribution in [0.15, 0.2) is 95.9 Å². The molecule has 1 atom stereocenters. The Morgan fingerprint density at radius 3 is 2.42 bits per heavy atom. The number of hydrogen-bond acceptors (Lipinski definition) is 4. The zero-order valence-corrected chi connectivity index (χ0v) is 23.6. The predicted molar refractivity (Wildman–Crippen MR) is 164 cm³/mol. The van der Waals surface area contributed by atoms with E-state index in [2.05, 4.69) is 46.2 Å². The highest BCUT2D eigenvalue weighted by Crippen LogP contribution is 2.34. The van der Waals surface area contributed by atoms with Crippen molar-refractivity contribution in [3.8, 4) is 16.9 Å². The molecule has 2 aromatic heterocycles. The molecule has 2 N–H and O–H groups in total. The molecule has 4 aromatic carbocycles. The number of phenols is 1. The summed E-state index contributed by atoms with van der Waals surface area (Å²) in [5.74, 6) is -0.663. The number of rotatable bonds is 5. The molecule has 43 heavy (non-hydrogen) atoms. The number of hydrogen-bond donors (Lipinski definition) is 2. The fourth-order valence-corrected chi connectivity index (χ4v) is 6.26. The molecule has 8 heteroatoms. The highest BCUT2D eigenvalue weighted by Gasteiger charge is 2.27. The van der Waals surface area contributed by atoms with Crippen LogP contribution in [0.3, 0.4) is 0 Å². The molecule has 6 aromatic rings. The molecule has 0 saturated carbocycles. The first-order valence-corrected chi connectivity index (χ1v) is 14.4. The number of piperidine rings is 1. The average Bonchev–Trinajstić information content (AvgIpc) is 3.45. The first kappa shape index (κ1) is 27.0. The van der Waals surface area contributed by atoms with Crippen molar-refractivity contribution in [3.05, 3.63) is 130 Å². The van der Waals surface area contributed by atoms with Gasteiger partial charge >= 0.3 is 0 Å². The Kier molecular flexibility index (Phi) is 6.78. The monoisotopic (exact) mass is 576 g/mol. The van der Waals surface area contributed by atoms with Crippen molar-refractivity contribution in [3.63, 3.8) is 0 Å². The number of nitrogens with zero attached hydrogens (tertiary/aromatic N) is 3. The Labute approximate surface area is 246 Å². The zero-order valence-electron chi connectivity index (χ0n) is 23.6. The van der Waals surface area contributed by atoms with Crippen LogP contribution in [-0.2, 0) is 0 Å². The van der Waals surface area contributed by atoms with Crippen LogP contribution in [0.5, 0.6) is 5.75 Å². The molecule has 3 heterocycles. The van der Waals surface area contributed by atoms with Gasteiger partial charge in [-0.15, -0.1) is 0 Å². The molecule has 6 nitrogen and oxygen atoms in total. The highest BCUT2D eigenvalue weighted by atomic mass is 19.1. The van der Waals surface area contributed by atoms with E-state index in [-0.39, 0.29) is 27.9 Å². The van der Waals surface area contributed by atoms with Crippen LogP contribution in [0.4, 0.5) is 8.78 Å². The number of fused-ring (bicyclic) bond motifs is 2. The normalized spacial score (nSPS) is 15.3. The maximum atomic E-state index is 15.7. The van der Waals surface area contributed by atoms with E-state index in [1.165, 1.54) is 16.2 Å². The number of imidazole rings is 1. The summed E-state index contributed by atoms with van der Waals surface area (Å²) in [5.41, 5.74) is 3.92. The van der Waals surface area contributed by atoms with Crippen LogP contribution < -0.4 is 5.56 Å².